The van der Waals surface area contributed by atoms with Crippen LogP contribution < -0.4 is 5.32 Å². The van der Waals surface area contributed by atoms with E-state index in [0.29, 0.717) is 0 Å². The lowest BCUT2D eigenvalue weighted by atomic mass is 9.96. The van der Waals surface area contributed by atoms with Gasteiger partial charge >= 0.3 is 0 Å². The van der Waals surface area contributed by atoms with Crippen LogP contribution in [0, 0.1) is 0 Å². The molecule has 1 aliphatic rings. The fourth-order valence-electron chi connectivity index (χ4n) is 1.92. The van der Waals surface area contributed by atoms with Gasteiger partial charge in [-0.05, 0) is 18.4 Å². The molecule has 1 aromatic rings. The highest BCUT2D eigenvalue weighted by Gasteiger charge is 2.18. The zero-order chi connectivity index (χ0) is 9.97. The van der Waals surface area contributed by atoms with Crippen LogP contribution in [0.3, 0.4) is 0 Å². The Morgan fingerprint density at radius 2 is 2.21 bits per heavy atom. The maximum atomic E-state index is 9.15. The van der Waals surface area contributed by atoms with E-state index in [2.05, 4.69) is 11.4 Å². The maximum absolute atomic E-state index is 9.15. The van der Waals surface area contributed by atoms with E-state index in [9.17, 15) is 0 Å². The van der Waals surface area contributed by atoms with E-state index < -0.39 is 0 Å². The first-order valence-corrected chi connectivity index (χ1v) is 4.94. The van der Waals surface area contributed by atoms with Crippen molar-refractivity contribution in [3.05, 3.63) is 29.3 Å². The van der Waals surface area contributed by atoms with Crippen molar-refractivity contribution in [2.45, 2.75) is 25.5 Å². The molecule has 0 fully saturated rings. The molecule has 0 bridgehead atoms. The fraction of sp³-hybridized carbons (Fsp3) is 0.455. The molecule has 0 aliphatic carbocycles. The number of aliphatic hydroxyl groups excluding tert-OH is 2. The summed E-state index contributed by atoms with van der Waals surface area (Å²) >= 11 is 0. The SMILES string of the molecule is OCc1cccc2c1N[C@H](CO)CC2. The van der Waals surface area contributed by atoms with E-state index in [1.54, 1.807) is 0 Å². The van der Waals surface area contributed by atoms with Crippen LogP contribution in [0.25, 0.3) is 0 Å². The molecule has 14 heavy (non-hydrogen) atoms. The molecule has 1 atom stereocenters. The monoisotopic (exact) mass is 193 g/mol. The first kappa shape index (κ1) is 9.49. The minimum absolute atomic E-state index is 0.0499. The first-order chi connectivity index (χ1) is 6.85. The van der Waals surface area contributed by atoms with E-state index in [1.807, 2.05) is 12.1 Å². The number of fused-ring (bicyclic) bond motifs is 1. The van der Waals surface area contributed by atoms with Crippen LogP contribution in [0.15, 0.2) is 18.2 Å². The Hall–Kier alpha value is -1.06. The number of hydrogen-bond donors (Lipinski definition) is 3. The predicted octanol–water partition coefficient (Wildman–Crippen LogP) is 0.898. The summed E-state index contributed by atoms with van der Waals surface area (Å²) in [7, 11) is 0. The molecule has 0 saturated carbocycles. The molecule has 0 unspecified atom stereocenters. The third-order valence-corrected chi connectivity index (χ3v) is 2.74. The minimum atomic E-state index is 0.0499. The number of benzene rings is 1. The van der Waals surface area contributed by atoms with Crippen molar-refractivity contribution >= 4 is 5.69 Å². The van der Waals surface area contributed by atoms with Gasteiger partial charge in [0.1, 0.15) is 0 Å². The Kier molecular flexibility index (Phi) is 2.70. The molecule has 0 spiro atoms. The van der Waals surface area contributed by atoms with Crippen molar-refractivity contribution in [1.29, 1.82) is 0 Å². The second-order valence-corrected chi connectivity index (χ2v) is 3.67. The molecule has 0 radical (unpaired) electrons. The quantitative estimate of drug-likeness (QED) is 0.654. The van der Waals surface area contributed by atoms with Gasteiger partial charge in [0.25, 0.3) is 0 Å². The van der Waals surface area contributed by atoms with Crippen molar-refractivity contribution < 1.29 is 10.2 Å². The Labute approximate surface area is 83.4 Å². The normalized spacial score (nSPS) is 20.0. The Balaban J connectivity index is 2.33. The molecular weight excluding hydrogens is 178 g/mol. The Bertz CT molecular complexity index is 311. The highest BCUT2D eigenvalue weighted by molar-refractivity contribution is 5.59. The molecule has 0 aromatic heterocycles. The summed E-state index contributed by atoms with van der Waals surface area (Å²) in [4.78, 5) is 0. The summed E-state index contributed by atoms with van der Waals surface area (Å²) in [6.45, 7) is 0.202. The molecule has 0 amide bonds. The Morgan fingerprint density at radius 1 is 1.36 bits per heavy atom. The molecule has 3 N–H and O–H groups in total. The van der Waals surface area contributed by atoms with Gasteiger partial charge < -0.3 is 15.5 Å². The zero-order valence-corrected chi connectivity index (χ0v) is 8.03. The van der Waals surface area contributed by atoms with Crippen LogP contribution >= 0.6 is 0 Å². The Morgan fingerprint density at radius 3 is 2.93 bits per heavy atom. The van der Waals surface area contributed by atoms with E-state index in [1.165, 1.54) is 5.56 Å². The number of hydrogen-bond acceptors (Lipinski definition) is 3. The van der Waals surface area contributed by atoms with E-state index in [0.717, 1.165) is 24.1 Å². The lowest BCUT2D eigenvalue weighted by molar-refractivity contribution is 0.265. The topological polar surface area (TPSA) is 52.5 Å². The van der Waals surface area contributed by atoms with Crippen molar-refractivity contribution in [2.24, 2.45) is 0 Å². The number of para-hydroxylation sites is 1. The lowest BCUT2D eigenvalue weighted by Gasteiger charge is -2.27. The minimum Gasteiger partial charge on any atom is -0.394 e. The summed E-state index contributed by atoms with van der Waals surface area (Å²) in [6, 6.07) is 6.07. The summed E-state index contributed by atoms with van der Waals surface area (Å²) in [5.41, 5.74) is 3.17. The van der Waals surface area contributed by atoms with Gasteiger partial charge in [-0.1, -0.05) is 18.2 Å². The number of rotatable bonds is 2. The van der Waals surface area contributed by atoms with Crippen molar-refractivity contribution in [3.8, 4) is 0 Å². The fourth-order valence-corrected chi connectivity index (χ4v) is 1.92. The van der Waals surface area contributed by atoms with Gasteiger partial charge in [-0.2, -0.15) is 0 Å². The van der Waals surface area contributed by atoms with Crippen molar-refractivity contribution in [2.75, 3.05) is 11.9 Å². The molecule has 3 heteroatoms. The third-order valence-electron chi connectivity index (χ3n) is 2.74. The van der Waals surface area contributed by atoms with Gasteiger partial charge in [0, 0.05) is 17.3 Å². The van der Waals surface area contributed by atoms with E-state index in [4.69, 9.17) is 10.2 Å². The summed E-state index contributed by atoms with van der Waals surface area (Å²) in [6.07, 6.45) is 1.93. The molecule has 2 rings (SSSR count). The van der Waals surface area contributed by atoms with E-state index in [-0.39, 0.29) is 19.3 Å². The molecule has 1 aromatic carbocycles. The van der Waals surface area contributed by atoms with Gasteiger partial charge in [-0.3, -0.25) is 0 Å². The smallest absolute Gasteiger partial charge is 0.0702 e. The van der Waals surface area contributed by atoms with Crippen LogP contribution in [-0.4, -0.2) is 22.9 Å². The molecule has 1 aliphatic heterocycles. The predicted molar refractivity (Wildman–Crippen MR) is 55.2 cm³/mol. The highest BCUT2D eigenvalue weighted by Crippen LogP contribution is 2.28. The average Bonchev–Trinajstić information content (AvgIpc) is 2.27. The largest absolute Gasteiger partial charge is 0.394 e. The van der Waals surface area contributed by atoms with Crippen molar-refractivity contribution in [1.82, 2.24) is 0 Å². The first-order valence-electron chi connectivity index (χ1n) is 4.94. The van der Waals surface area contributed by atoms with Gasteiger partial charge in [-0.25, -0.2) is 0 Å². The van der Waals surface area contributed by atoms with Crippen molar-refractivity contribution in [3.63, 3.8) is 0 Å². The van der Waals surface area contributed by atoms with E-state index >= 15 is 0 Å². The number of aliphatic hydroxyl groups is 2. The summed E-state index contributed by atoms with van der Waals surface area (Å²) in [5, 5.41) is 21.5. The second kappa shape index (κ2) is 3.98. The molecule has 3 nitrogen and oxygen atoms in total. The molecule has 76 valence electrons. The zero-order valence-electron chi connectivity index (χ0n) is 8.03. The maximum Gasteiger partial charge on any atom is 0.0702 e. The average molecular weight is 193 g/mol. The van der Waals surface area contributed by atoms with Crippen LogP contribution in [0.4, 0.5) is 5.69 Å². The lowest BCUT2D eigenvalue weighted by Crippen LogP contribution is -2.29. The molecule has 1 heterocycles. The van der Waals surface area contributed by atoms with Crippen LogP contribution in [0.2, 0.25) is 0 Å². The van der Waals surface area contributed by atoms with Gasteiger partial charge in [0.05, 0.1) is 13.2 Å². The number of nitrogens with one attached hydrogen (secondary N) is 1. The second-order valence-electron chi connectivity index (χ2n) is 3.67. The van der Waals surface area contributed by atoms with Gasteiger partial charge in [-0.15, -0.1) is 0 Å². The molecule has 0 saturated heterocycles. The summed E-state index contributed by atoms with van der Waals surface area (Å²) < 4.78 is 0. The molecular formula is C11H15NO2. The third kappa shape index (κ3) is 1.61. The van der Waals surface area contributed by atoms with Gasteiger partial charge in [0.2, 0.25) is 0 Å². The highest BCUT2D eigenvalue weighted by atomic mass is 16.3. The van der Waals surface area contributed by atoms with Gasteiger partial charge in [0.15, 0.2) is 0 Å². The summed E-state index contributed by atoms with van der Waals surface area (Å²) in [5.74, 6) is 0. The van der Waals surface area contributed by atoms with Crippen LogP contribution in [-0.2, 0) is 13.0 Å². The number of anilines is 1. The van der Waals surface area contributed by atoms with Crippen LogP contribution in [0.1, 0.15) is 17.5 Å². The van der Waals surface area contributed by atoms with Crippen LogP contribution in [0.5, 0.6) is 0 Å². The standard InChI is InChI=1S/C11H15NO2/c13-6-9-3-1-2-8-4-5-10(7-14)12-11(8)9/h1-3,10,12-14H,4-7H2/t10-/m0/s1. The number of aryl methyl sites for hydroxylation is 1.